The van der Waals surface area contributed by atoms with Crippen LogP contribution in [0.15, 0.2) is 29.8 Å². The highest BCUT2D eigenvalue weighted by Gasteiger charge is 2.18. The van der Waals surface area contributed by atoms with E-state index in [0.29, 0.717) is 0 Å². The molecule has 0 aromatic heterocycles. The number of benzene rings is 1. The van der Waals surface area contributed by atoms with Crippen molar-refractivity contribution in [2.24, 2.45) is 0 Å². The maximum atomic E-state index is 13.3. The van der Waals surface area contributed by atoms with Gasteiger partial charge in [0.25, 0.3) is 0 Å². The van der Waals surface area contributed by atoms with Crippen molar-refractivity contribution in [3.8, 4) is 0 Å². The van der Waals surface area contributed by atoms with Crippen LogP contribution in [0.4, 0.5) is 4.39 Å². The first-order chi connectivity index (χ1) is 9.72. The Morgan fingerprint density at radius 2 is 2.10 bits per heavy atom. The molecule has 1 unspecified atom stereocenters. The first-order valence-corrected chi connectivity index (χ1v) is 7.90. The van der Waals surface area contributed by atoms with E-state index in [1.807, 2.05) is 13.0 Å². The van der Waals surface area contributed by atoms with Gasteiger partial charge in [0.05, 0.1) is 6.04 Å². The van der Waals surface area contributed by atoms with Crippen LogP contribution < -0.4 is 5.32 Å². The van der Waals surface area contributed by atoms with Gasteiger partial charge in [-0.15, -0.1) is 0 Å². The molecule has 1 aromatic rings. The van der Waals surface area contributed by atoms with Gasteiger partial charge in [-0.3, -0.25) is 0 Å². The molecular weight excluding hydrogens is 249 g/mol. The van der Waals surface area contributed by atoms with E-state index in [-0.39, 0.29) is 11.9 Å². The summed E-state index contributed by atoms with van der Waals surface area (Å²) in [6.07, 6.45) is 9.76. The van der Waals surface area contributed by atoms with Crippen LogP contribution in [0.5, 0.6) is 0 Å². The molecule has 2 heteroatoms. The monoisotopic (exact) mass is 275 g/mol. The normalized spacial score (nSPS) is 17.4. The van der Waals surface area contributed by atoms with Crippen LogP contribution in [0.2, 0.25) is 0 Å². The summed E-state index contributed by atoms with van der Waals surface area (Å²) in [4.78, 5) is 0. The smallest absolute Gasteiger partial charge is 0.123 e. The second kappa shape index (κ2) is 7.58. The lowest BCUT2D eigenvalue weighted by Gasteiger charge is -2.24. The van der Waals surface area contributed by atoms with Gasteiger partial charge in [-0.2, -0.15) is 0 Å². The average molecular weight is 275 g/mol. The van der Waals surface area contributed by atoms with Crippen LogP contribution >= 0.6 is 0 Å². The third-order valence-corrected chi connectivity index (χ3v) is 4.09. The van der Waals surface area contributed by atoms with E-state index in [9.17, 15) is 4.39 Å². The van der Waals surface area contributed by atoms with Crippen molar-refractivity contribution in [3.63, 3.8) is 0 Å². The molecule has 0 bridgehead atoms. The van der Waals surface area contributed by atoms with Crippen molar-refractivity contribution < 1.29 is 4.39 Å². The van der Waals surface area contributed by atoms with Gasteiger partial charge in [-0.25, -0.2) is 4.39 Å². The summed E-state index contributed by atoms with van der Waals surface area (Å²) >= 11 is 0. The predicted octanol–water partition coefficient (Wildman–Crippen LogP) is 5.07. The largest absolute Gasteiger partial charge is 0.307 e. The number of hydrogen-bond acceptors (Lipinski definition) is 1. The minimum absolute atomic E-state index is 0.143. The number of rotatable bonds is 5. The Morgan fingerprint density at radius 1 is 1.25 bits per heavy atom. The minimum Gasteiger partial charge on any atom is -0.307 e. The maximum Gasteiger partial charge on any atom is 0.123 e. The van der Waals surface area contributed by atoms with Gasteiger partial charge in [0.1, 0.15) is 5.82 Å². The molecule has 0 heterocycles. The van der Waals surface area contributed by atoms with E-state index >= 15 is 0 Å². The Kier molecular flexibility index (Phi) is 5.78. The summed E-state index contributed by atoms with van der Waals surface area (Å²) in [6, 6.07) is 5.44. The lowest BCUT2D eigenvalue weighted by Crippen LogP contribution is -2.24. The molecule has 2 rings (SSSR count). The summed E-state index contributed by atoms with van der Waals surface area (Å²) in [5, 5.41) is 3.65. The zero-order valence-corrected chi connectivity index (χ0v) is 12.7. The third kappa shape index (κ3) is 3.92. The van der Waals surface area contributed by atoms with Crippen LogP contribution in [-0.2, 0) is 0 Å². The van der Waals surface area contributed by atoms with Crippen LogP contribution in [0.3, 0.4) is 0 Å². The lowest BCUT2D eigenvalue weighted by molar-refractivity contribution is 0.562. The number of nitrogens with one attached hydrogen (secondary N) is 1. The summed E-state index contributed by atoms with van der Waals surface area (Å²) in [5.41, 5.74) is 3.77. The van der Waals surface area contributed by atoms with Crippen LogP contribution in [0, 0.1) is 12.7 Å². The zero-order valence-electron chi connectivity index (χ0n) is 12.7. The fourth-order valence-corrected chi connectivity index (χ4v) is 2.99. The second-order valence-corrected chi connectivity index (χ2v) is 5.77. The van der Waals surface area contributed by atoms with Crippen molar-refractivity contribution in [1.29, 1.82) is 0 Å². The van der Waals surface area contributed by atoms with Gasteiger partial charge in [0, 0.05) is 0 Å². The maximum absolute atomic E-state index is 13.3. The molecule has 0 radical (unpaired) electrons. The molecule has 1 aliphatic carbocycles. The topological polar surface area (TPSA) is 12.0 Å². The summed E-state index contributed by atoms with van der Waals surface area (Å²) in [7, 11) is 0. The second-order valence-electron chi connectivity index (χ2n) is 5.77. The highest BCUT2D eigenvalue weighted by Crippen LogP contribution is 2.31. The van der Waals surface area contributed by atoms with Gasteiger partial charge in [0.15, 0.2) is 0 Å². The Bertz CT molecular complexity index is 464. The molecule has 20 heavy (non-hydrogen) atoms. The molecule has 1 aliphatic rings. The number of halogens is 1. The average Bonchev–Trinajstić information content (AvgIpc) is 2.70. The quantitative estimate of drug-likeness (QED) is 0.740. The van der Waals surface area contributed by atoms with Crippen molar-refractivity contribution in [2.75, 3.05) is 6.54 Å². The molecule has 0 saturated carbocycles. The minimum atomic E-state index is -0.143. The van der Waals surface area contributed by atoms with Gasteiger partial charge in [-0.1, -0.05) is 31.1 Å². The summed E-state index contributed by atoms with van der Waals surface area (Å²) < 4.78 is 13.3. The number of aryl methyl sites for hydroxylation is 1. The fourth-order valence-electron chi connectivity index (χ4n) is 2.99. The fraction of sp³-hybridized carbons (Fsp3) is 0.556. The molecule has 1 atom stereocenters. The van der Waals surface area contributed by atoms with Gasteiger partial charge < -0.3 is 5.32 Å². The van der Waals surface area contributed by atoms with Crippen LogP contribution in [0.25, 0.3) is 0 Å². The highest BCUT2D eigenvalue weighted by molar-refractivity contribution is 5.35. The molecule has 110 valence electrons. The van der Waals surface area contributed by atoms with Gasteiger partial charge in [0.2, 0.25) is 0 Å². The molecule has 1 nitrogen and oxygen atoms in total. The lowest BCUT2D eigenvalue weighted by atomic mass is 9.92. The van der Waals surface area contributed by atoms with E-state index in [4.69, 9.17) is 0 Å². The Balaban J connectivity index is 2.28. The van der Waals surface area contributed by atoms with Gasteiger partial charge >= 0.3 is 0 Å². The van der Waals surface area contributed by atoms with Crippen molar-refractivity contribution in [1.82, 2.24) is 5.32 Å². The number of allylic oxidation sites excluding steroid dienone is 1. The Labute approximate surface area is 122 Å². The molecule has 1 N–H and O–H groups in total. The SMILES string of the molecule is CCCNC(C1=CCCCCC1)c1ccc(F)cc1C. The summed E-state index contributed by atoms with van der Waals surface area (Å²) in [6.45, 7) is 5.19. The number of hydrogen-bond donors (Lipinski definition) is 1. The van der Waals surface area contributed by atoms with Crippen molar-refractivity contribution >= 4 is 0 Å². The highest BCUT2D eigenvalue weighted by atomic mass is 19.1. The molecule has 0 spiro atoms. The van der Waals surface area contributed by atoms with Crippen molar-refractivity contribution in [3.05, 3.63) is 46.8 Å². The van der Waals surface area contributed by atoms with E-state index in [1.165, 1.54) is 36.8 Å². The molecule has 0 fully saturated rings. The molecular formula is C18H26FN. The molecule has 0 aliphatic heterocycles. The van der Waals surface area contributed by atoms with E-state index in [1.54, 1.807) is 12.1 Å². The predicted molar refractivity (Wildman–Crippen MR) is 83.3 cm³/mol. The zero-order chi connectivity index (χ0) is 14.4. The van der Waals surface area contributed by atoms with Crippen LogP contribution in [0.1, 0.15) is 62.6 Å². The molecule has 1 aromatic carbocycles. The van der Waals surface area contributed by atoms with Gasteiger partial charge in [-0.05, 0) is 68.8 Å². The standard InChI is InChI=1S/C18H26FN/c1-3-12-20-18(15-8-6-4-5-7-9-15)17-11-10-16(19)13-14(17)2/h8,10-11,13,18,20H,3-7,9,12H2,1-2H3. The Hall–Kier alpha value is -1.15. The first kappa shape index (κ1) is 15.2. The van der Waals surface area contributed by atoms with E-state index in [0.717, 1.165) is 24.9 Å². The first-order valence-electron chi connectivity index (χ1n) is 7.90. The third-order valence-electron chi connectivity index (χ3n) is 4.09. The van der Waals surface area contributed by atoms with E-state index < -0.39 is 0 Å². The molecule has 0 amide bonds. The van der Waals surface area contributed by atoms with E-state index in [2.05, 4.69) is 18.3 Å². The van der Waals surface area contributed by atoms with Crippen LogP contribution in [-0.4, -0.2) is 6.54 Å². The van der Waals surface area contributed by atoms with Crippen molar-refractivity contribution in [2.45, 2.75) is 58.4 Å². The summed E-state index contributed by atoms with van der Waals surface area (Å²) in [5.74, 6) is -0.143. The molecule has 0 saturated heterocycles. The Morgan fingerprint density at radius 3 is 2.85 bits per heavy atom.